The van der Waals surface area contributed by atoms with Gasteiger partial charge in [0.2, 0.25) is 0 Å². The molecular formula is C22H27N3O. The van der Waals surface area contributed by atoms with Crippen LogP contribution < -0.4 is 10.6 Å². The van der Waals surface area contributed by atoms with Crippen LogP contribution in [0.1, 0.15) is 36.1 Å². The number of urea groups is 1. The van der Waals surface area contributed by atoms with E-state index in [4.69, 9.17) is 0 Å². The van der Waals surface area contributed by atoms with Crippen LogP contribution >= 0.6 is 0 Å². The summed E-state index contributed by atoms with van der Waals surface area (Å²) in [7, 11) is 0. The van der Waals surface area contributed by atoms with Gasteiger partial charge >= 0.3 is 6.03 Å². The van der Waals surface area contributed by atoms with E-state index in [2.05, 4.69) is 65.9 Å². The van der Waals surface area contributed by atoms with E-state index < -0.39 is 0 Å². The summed E-state index contributed by atoms with van der Waals surface area (Å²) in [6, 6.07) is 18.6. The van der Waals surface area contributed by atoms with Gasteiger partial charge in [-0.1, -0.05) is 55.5 Å². The van der Waals surface area contributed by atoms with Gasteiger partial charge in [0, 0.05) is 29.7 Å². The molecule has 2 aromatic carbocycles. The molecule has 136 valence electrons. The monoisotopic (exact) mass is 349 g/mol. The molecule has 2 amide bonds. The van der Waals surface area contributed by atoms with Crippen LogP contribution in [0, 0.1) is 6.92 Å². The predicted molar refractivity (Wildman–Crippen MR) is 108 cm³/mol. The highest BCUT2D eigenvalue weighted by Gasteiger charge is 2.09. The molecule has 0 saturated heterocycles. The average Bonchev–Trinajstić information content (AvgIpc) is 2.98. The third kappa shape index (κ3) is 4.45. The Morgan fingerprint density at radius 1 is 1.00 bits per heavy atom. The Hall–Kier alpha value is -2.75. The molecule has 0 saturated carbocycles. The number of nitrogens with one attached hydrogen (secondary N) is 3. The van der Waals surface area contributed by atoms with E-state index in [-0.39, 0.29) is 6.03 Å². The third-order valence-corrected chi connectivity index (χ3v) is 4.92. The molecule has 0 radical (unpaired) electrons. The van der Waals surface area contributed by atoms with Gasteiger partial charge < -0.3 is 15.6 Å². The summed E-state index contributed by atoms with van der Waals surface area (Å²) in [5, 5.41) is 7.16. The molecular weight excluding hydrogens is 322 g/mol. The second-order valence-electron chi connectivity index (χ2n) is 6.81. The zero-order valence-electron chi connectivity index (χ0n) is 15.5. The molecule has 3 aromatic rings. The number of H-pyrrole nitrogens is 1. The van der Waals surface area contributed by atoms with Crippen LogP contribution in [0.3, 0.4) is 0 Å². The van der Waals surface area contributed by atoms with Gasteiger partial charge in [-0.2, -0.15) is 0 Å². The maximum atomic E-state index is 12.0. The van der Waals surface area contributed by atoms with Crippen LogP contribution in [0.15, 0.2) is 54.6 Å². The van der Waals surface area contributed by atoms with E-state index in [1.54, 1.807) is 0 Å². The number of aromatic nitrogens is 1. The van der Waals surface area contributed by atoms with Crippen LogP contribution in [0.25, 0.3) is 10.9 Å². The maximum Gasteiger partial charge on any atom is 0.314 e. The minimum atomic E-state index is -0.0947. The molecule has 0 spiro atoms. The van der Waals surface area contributed by atoms with Crippen LogP contribution in [0.2, 0.25) is 0 Å². The fraction of sp³-hybridized carbons (Fsp3) is 0.318. The highest BCUT2D eigenvalue weighted by Crippen LogP contribution is 2.22. The van der Waals surface area contributed by atoms with E-state index in [9.17, 15) is 4.79 Å². The molecule has 1 unspecified atom stereocenters. The summed E-state index contributed by atoms with van der Waals surface area (Å²) in [5.41, 5.74) is 4.91. The fourth-order valence-corrected chi connectivity index (χ4v) is 3.37. The first kappa shape index (κ1) is 18.1. The van der Waals surface area contributed by atoms with Gasteiger partial charge in [0.25, 0.3) is 0 Å². The van der Waals surface area contributed by atoms with E-state index >= 15 is 0 Å². The number of para-hydroxylation sites is 1. The average molecular weight is 349 g/mol. The summed E-state index contributed by atoms with van der Waals surface area (Å²) >= 11 is 0. The van der Waals surface area contributed by atoms with Crippen molar-refractivity contribution in [3.8, 4) is 0 Å². The first-order chi connectivity index (χ1) is 12.6. The summed E-state index contributed by atoms with van der Waals surface area (Å²) in [5.74, 6) is 0.436. The SMILES string of the molecule is Cc1[nH]c2ccccc2c1CCNC(=O)NCCC(C)c1ccccc1. The lowest BCUT2D eigenvalue weighted by molar-refractivity contribution is 0.240. The van der Waals surface area contributed by atoms with Crippen molar-refractivity contribution in [3.05, 3.63) is 71.4 Å². The number of carbonyl (C=O) groups excluding carboxylic acids is 1. The van der Waals surface area contributed by atoms with E-state index in [1.165, 1.54) is 22.2 Å². The van der Waals surface area contributed by atoms with Crippen molar-refractivity contribution in [2.45, 2.75) is 32.6 Å². The van der Waals surface area contributed by atoms with Gasteiger partial charge in [-0.05, 0) is 42.9 Å². The standard InChI is InChI=1S/C22H27N3O/c1-16(18-8-4-3-5-9-18)12-14-23-22(26)24-15-13-19-17(2)25-21-11-7-6-10-20(19)21/h3-11,16,25H,12-15H2,1-2H3,(H2,23,24,26). The highest BCUT2D eigenvalue weighted by atomic mass is 16.2. The van der Waals surface area contributed by atoms with Crippen LogP contribution in [0.4, 0.5) is 4.79 Å². The fourth-order valence-electron chi connectivity index (χ4n) is 3.37. The number of fused-ring (bicyclic) bond motifs is 1. The van der Waals surface area contributed by atoms with Gasteiger partial charge in [0.1, 0.15) is 0 Å². The number of rotatable bonds is 7. The molecule has 3 N–H and O–H groups in total. The highest BCUT2D eigenvalue weighted by molar-refractivity contribution is 5.84. The van der Waals surface area contributed by atoms with E-state index in [0.717, 1.165) is 18.4 Å². The molecule has 0 aliphatic heterocycles. The second-order valence-corrected chi connectivity index (χ2v) is 6.81. The molecule has 1 heterocycles. The lowest BCUT2D eigenvalue weighted by Crippen LogP contribution is -2.37. The zero-order chi connectivity index (χ0) is 18.4. The smallest absolute Gasteiger partial charge is 0.314 e. The molecule has 4 heteroatoms. The minimum Gasteiger partial charge on any atom is -0.358 e. The Balaban J connectivity index is 1.41. The Morgan fingerprint density at radius 3 is 2.50 bits per heavy atom. The van der Waals surface area contributed by atoms with Gasteiger partial charge in [-0.25, -0.2) is 4.79 Å². The molecule has 4 nitrogen and oxygen atoms in total. The van der Waals surface area contributed by atoms with Gasteiger partial charge in [-0.15, -0.1) is 0 Å². The predicted octanol–water partition coefficient (Wildman–Crippen LogP) is 4.51. The molecule has 0 aliphatic carbocycles. The van der Waals surface area contributed by atoms with Crippen LogP contribution in [-0.2, 0) is 6.42 Å². The maximum absolute atomic E-state index is 12.0. The van der Waals surface area contributed by atoms with E-state index in [1.807, 2.05) is 18.2 Å². The van der Waals surface area contributed by atoms with E-state index in [0.29, 0.717) is 19.0 Å². The molecule has 0 aliphatic rings. The number of hydrogen-bond acceptors (Lipinski definition) is 1. The van der Waals surface area contributed by atoms with Crippen molar-refractivity contribution in [3.63, 3.8) is 0 Å². The first-order valence-corrected chi connectivity index (χ1v) is 9.28. The summed E-state index contributed by atoms with van der Waals surface area (Å²) in [6.45, 7) is 5.58. The Bertz CT molecular complexity index is 854. The Kier molecular flexibility index (Phi) is 5.95. The summed E-state index contributed by atoms with van der Waals surface area (Å²) < 4.78 is 0. The topological polar surface area (TPSA) is 56.9 Å². The number of carbonyl (C=O) groups is 1. The quantitative estimate of drug-likeness (QED) is 0.577. The van der Waals surface area contributed by atoms with Crippen molar-refractivity contribution >= 4 is 16.9 Å². The number of aromatic amines is 1. The second kappa shape index (κ2) is 8.56. The lowest BCUT2D eigenvalue weighted by atomic mass is 9.98. The largest absolute Gasteiger partial charge is 0.358 e. The van der Waals surface area contributed by atoms with Crippen LogP contribution in [0.5, 0.6) is 0 Å². The van der Waals surface area contributed by atoms with Crippen molar-refractivity contribution in [2.75, 3.05) is 13.1 Å². The van der Waals surface area contributed by atoms with Crippen molar-refractivity contribution in [2.24, 2.45) is 0 Å². The van der Waals surface area contributed by atoms with Gasteiger partial charge in [0.05, 0.1) is 0 Å². The van der Waals surface area contributed by atoms with Crippen molar-refractivity contribution in [1.82, 2.24) is 15.6 Å². The third-order valence-electron chi connectivity index (χ3n) is 4.92. The number of hydrogen-bond donors (Lipinski definition) is 3. The van der Waals surface area contributed by atoms with Crippen molar-refractivity contribution in [1.29, 1.82) is 0 Å². The molecule has 26 heavy (non-hydrogen) atoms. The number of aryl methyl sites for hydroxylation is 1. The Morgan fingerprint density at radius 2 is 1.69 bits per heavy atom. The molecule has 1 aromatic heterocycles. The zero-order valence-corrected chi connectivity index (χ0v) is 15.5. The van der Waals surface area contributed by atoms with Gasteiger partial charge in [0.15, 0.2) is 0 Å². The molecule has 1 atom stereocenters. The number of benzene rings is 2. The number of amides is 2. The van der Waals surface area contributed by atoms with Crippen LogP contribution in [-0.4, -0.2) is 24.1 Å². The molecule has 3 rings (SSSR count). The lowest BCUT2D eigenvalue weighted by Gasteiger charge is -2.13. The molecule has 0 bridgehead atoms. The first-order valence-electron chi connectivity index (χ1n) is 9.28. The minimum absolute atomic E-state index is 0.0947. The van der Waals surface area contributed by atoms with Gasteiger partial charge in [-0.3, -0.25) is 0 Å². The van der Waals surface area contributed by atoms with Crippen molar-refractivity contribution < 1.29 is 4.79 Å². The Labute approximate surface area is 155 Å². The summed E-state index contributed by atoms with van der Waals surface area (Å²) in [6.07, 6.45) is 1.75. The summed E-state index contributed by atoms with van der Waals surface area (Å²) in [4.78, 5) is 15.4. The normalized spacial score (nSPS) is 12.1. The molecule has 0 fully saturated rings.